The van der Waals surface area contributed by atoms with Gasteiger partial charge < -0.3 is 10.6 Å². The van der Waals surface area contributed by atoms with Crippen molar-refractivity contribution in [2.75, 3.05) is 16.4 Å². The summed E-state index contributed by atoms with van der Waals surface area (Å²) in [6.45, 7) is 0.642. The number of thioether (sulfide) groups is 1. The Balaban J connectivity index is 1.74. The number of aromatic nitrogens is 3. The highest BCUT2D eigenvalue weighted by atomic mass is 32.2. The van der Waals surface area contributed by atoms with Crippen LogP contribution in [0.1, 0.15) is 5.69 Å². The summed E-state index contributed by atoms with van der Waals surface area (Å²) in [5.74, 6) is 0.533. The standard InChI is InChI=1S/C12H13N5OS/c1-17-9(6-14-16-17)5-13-8-2-3-11-10(4-8)15-12(18)7-19-11/h2-4,6,13H,5,7H2,1H3,(H,15,18). The minimum Gasteiger partial charge on any atom is -0.379 e. The Morgan fingerprint density at radius 3 is 3.21 bits per heavy atom. The summed E-state index contributed by atoms with van der Waals surface area (Å²) in [6, 6.07) is 5.97. The average Bonchev–Trinajstić information content (AvgIpc) is 2.81. The average molecular weight is 275 g/mol. The second kappa shape index (κ2) is 4.93. The molecule has 1 aliphatic heterocycles. The Labute approximate surface area is 114 Å². The number of fused-ring (bicyclic) bond motifs is 1. The molecule has 6 nitrogen and oxygen atoms in total. The van der Waals surface area contributed by atoms with Crippen LogP contribution in [0.2, 0.25) is 0 Å². The molecule has 19 heavy (non-hydrogen) atoms. The van der Waals surface area contributed by atoms with Crippen LogP contribution < -0.4 is 10.6 Å². The highest BCUT2D eigenvalue weighted by Crippen LogP contribution is 2.33. The third-order valence-corrected chi connectivity index (χ3v) is 3.97. The highest BCUT2D eigenvalue weighted by molar-refractivity contribution is 8.00. The molecule has 1 aromatic heterocycles. The smallest absolute Gasteiger partial charge is 0.234 e. The third-order valence-electron chi connectivity index (χ3n) is 2.89. The zero-order valence-corrected chi connectivity index (χ0v) is 11.2. The molecule has 1 amide bonds. The van der Waals surface area contributed by atoms with Crippen LogP contribution in [0.4, 0.5) is 11.4 Å². The molecular formula is C12H13N5OS. The van der Waals surface area contributed by atoms with E-state index < -0.39 is 0 Å². The lowest BCUT2D eigenvalue weighted by Crippen LogP contribution is -2.18. The molecule has 2 N–H and O–H groups in total. The van der Waals surface area contributed by atoms with E-state index >= 15 is 0 Å². The molecule has 0 radical (unpaired) electrons. The molecule has 0 atom stereocenters. The molecule has 0 spiro atoms. The first-order chi connectivity index (χ1) is 9.22. The summed E-state index contributed by atoms with van der Waals surface area (Å²) in [7, 11) is 1.85. The molecule has 3 rings (SSSR count). The van der Waals surface area contributed by atoms with Gasteiger partial charge in [0.1, 0.15) is 0 Å². The molecule has 0 fully saturated rings. The van der Waals surface area contributed by atoms with E-state index in [1.54, 1.807) is 22.6 Å². The van der Waals surface area contributed by atoms with Gasteiger partial charge in [-0.1, -0.05) is 5.21 Å². The van der Waals surface area contributed by atoms with E-state index in [4.69, 9.17) is 0 Å². The zero-order valence-electron chi connectivity index (χ0n) is 10.4. The Morgan fingerprint density at radius 1 is 1.53 bits per heavy atom. The number of hydrogen-bond donors (Lipinski definition) is 2. The number of nitrogens with one attached hydrogen (secondary N) is 2. The van der Waals surface area contributed by atoms with Crippen LogP contribution >= 0.6 is 11.8 Å². The molecule has 0 saturated carbocycles. The molecular weight excluding hydrogens is 262 g/mol. The number of nitrogens with zero attached hydrogens (tertiary/aromatic N) is 3. The number of rotatable bonds is 3. The van der Waals surface area contributed by atoms with Gasteiger partial charge in [0.25, 0.3) is 0 Å². The van der Waals surface area contributed by atoms with E-state index in [0.717, 1.165) is 22.0 Å². The van der Waals surface area contributed by atoms with Gasteiger partial charge in [0.2, 0.25) is 5.91 Å². The molecule has 0 bridgehead atoms. The van der Waals surface area contributed by atoms with Gasteiger partial charge in [-0.05, 0) is 18.2 Å². The largest absolute Gasteiger partial charge is 0.379 e. The van der Waals surface area contributed by atoms with Crippen molar-refractivity contribution in [3.8, 4) is 0 Å². The summed E-state index contributed by atoms with van der Waals surface area (Å²) < 4.78 is 1.73. The Hall–Kier alpha value is -2.02. The molecule has 7 heteroatoms. The van der Waals surface area contributed by atoms with Crippen LogP contribution in [0.5, 0.6) is 0 Å². The highest BCUT2D eigenvalue weighted by Gasteiger charge is 2.15. The van der Waals surface area contributed by atoms with Gasteiger partial charge in [-0.3, -0.25) is 9.48 Å². The monoisotopic (exact) mass is 275 g/mol. The second-order valence-electron chi connectivity index (χ2n) is 4.25. The van der Waals surface area contributed by atoms with E-state index in [-0.39, 0.29) is 5.91 Å². The van der Waals surface area contributed by atoms with Gasteiger partial charge in [0.15, 0.2) is 0 Å². The first-order valence-corrected chi connectivity index (χ1v) is 6.85. The van der Waals surface area contributed by atoms with Crippen molar-refractivity contribution in [3.63, 3.8) is 0 Å². The predicted molar refractivity (Wildman–Crippen MR) is 74.1 cm³/mol. The van der Waals surface area contributed by atoms with Crippen molar-refractivity contribution in [1.82, 2.24) is 15.0 Å². The van der Waals surface area contributed by atoms with Crippen LogP contribution in [-0.4, -0.2) is 26.7 Å². The molecule has 0 aliphatic carbocycles. The van der Waals surface area contributed by atoms with E-state index in [2.05, 4.69) is 20.9 Å². The molecule has 98 valence electrons. The Bertz CT molecular complexity index is 624. The fraction of sp³-hybridized carbons (Fsp3) is 0.250. The first kappa shape index (κ1) is 12.0. The van der Waals surface area contributed by atoms with Gasteiger partial charge in [-0.25, -0.2) is 0 Å². The Kier molecular flexibility index (Phi) is 3.12. The fourth-order valence-corrected chi connectivity index (χ4v) is 2.65. The quantitative estimate of drug-likeness (QED) is 0.887. The maximum absolute atomic E-state index is 11.4. The maximum Gasteiger partial charge on any atom is 0.234 e. The topological polar surface area (TPSA) is 71.8 Å². The lowest BCUT2D eigenvalue weighted by Gasteiger charge is -2.17. The van der Waals surface area contributed by atoms with Crippen molar-refractivity contribution in [2.45, 2.75) is 11.4 Å². The van der Waals surface area contributed by atoms with Crippen LogP contribution in [-0.2, 0) is 18.4 Å². The summed E-state index contributed by atoms with van der Waals surface area (Å²) in [5, 5.41) is 13.9. The van der Waals surface area contributed by atoms with Gasteiger partial charge in [-0.15, -0.1) is 16.9 Å². The van der Waals surface area contributed by atoms with Crippen LogP contribution in [0.25, 0.3) is 0 Å². The van der Waals surface area contributed by atoms with Gasteiger partial charge in [-0.2, -0.15) is 0 Å². The van der Waals surface area contributed by atoms with E-state index in [0.29, 0.717) is 12.3 Å². The minimum atomic E-state index is 0.0467. The van der Waals surface area contributed by atoms with Crippen LogP contribution in [0, 0.1) is 0 Å². The normalized spacial score (nSPS) is 13.8. The number of anilines is 2. The minimum absolute atomic E-state index is 0.0467. The van der Waals surface area contributed by atoms with Crippen molar-refractivity contribution < 1.29 is 4.79 Å². The lowest BCUT2D eigenvalue weighted by atomic mass is 10.2. The molecule has 0 unspecified atom stereocenters. The van der Waals surface area contributed by atoms with Gasteiger partial charge >= 0.3 is 0 Å². The van der Waals surface area contributed by atoms with Gasteiger partial charge in [0, 0.05) is 17.6 Å². The Morgan fingerprint density at radius 2 is 2.42 bits per heavy atom. The molecule has 0 saturated heterocycles. The lowest BCUT2D eigenvalue weighted by molar-refractivity contribution is -0.113. The molecule has 2 aromatic rings. The molecule has 1 aromatic carbocycles. The summed E-state index contributed by atoms with van der Waals surface area (Å²) in [4.78, 5) is 12.5. The van der Waals surface area contributed by atoms with E-state index in [1.165, 1.54) is 0 Å². The van der Waals surface area contributed by atoms with Crippen molar-refractivity contribution in [3.05, 3.63) is 30.1 Å². The van der Waals surface area contributed by atoms with E-state index in [9.17, 15) is 4.79 Å². The molecule has 2 heterocycles. The number of carbonyl (C=O) groups is 1. The summed E-state index contributed by atoms with van der Waals surface area (Å²) in [5.41, 5.74) is 2.83. The second-order valence-corrected chi connectivity index (χ2v) is 5.27. The van der Waals surface area contributed by atoms with Crippen LogP contribution in [0.3, 0.4) is 0 Å². The van der Waals surface area contributed by atoms with Crippen molar-refractivity contribution >= 4 is 29.0 Å². The number of amides is 1. The van der Waals surface area contributed by atoms with Crippen LogP contribution in [0.15, 0.2) is 29.3 Å². The first-order valence-electron chi connectivity index (χ1n) is 5.86. The number of aryl methyl sites for hydroxylation is 1. The fourth-order valence-electron chi connectivity index (χ4n) is 1.86. The van der Waals surface area contributed by atoms with Crippen molar-refractivity contribution in [1.29, 1.82) is 0 Å². The number of benzene rings is 1. The maximum atomic E-state index is 11.4. The number of hydrogen-bond acceptors (Lipinski definition) is 5. The number of carbonyl (C=O) groups excluding carboxylic acids is 1. The SMILES string of the molecule is Cn1nncc1CNc1ccc2c(c1)NC(=O)CS2. The zero-order chi connectivity index (χ0) is 13.2. The summed E-state index contributed by atoms with van der Waals surface area (Å²) in [6.07, 6.45) is 1.73. The molecule has 1 aliphatic rings. The third kappa shape index (κ3) is 2.55. The summed E-state index contributed by atoms with van der Waals surface area (Å²) >= 11 is 1.56. The van der Waals surface area contributed by atoms with Crippen molar-refractivity contribution in [2.24, 2.45) is 7.05 Å². The van der Waals surface area contributed by atoms with Gasteiger partial charge in [0.05, 0.1) is 29.9 Å². The van der Waals surface area contributed by atoms with E-state index in [1.807, 2.05) is 25.2 Å². The predicted octanol–water partition coefficient (Wildman–Crippen LogP) is 1.47.